The number of carbonyl (C=O) groups excluding carboxylic acids is 1. The lowest BCUT2D eigenvalue weighted by Gasteiger charge is -2.27. The first-order chi connectivity index (χ1) is 9.28. The SMILES string of the molecule is COc1ccc(OCCC(=O)NCC2CNC2)cc1. The zero-order valence-electron chi connectivity index (χ0n) is 11.1. The van der Waals surface area contributed by atoms with Crippen LogP contribution in [0.25, 0.3) is 0 Å². The fourth-order valence-electron chi connectivity index (χ4n) is 1.77. The van der Waals surface area contributed by atoms with Gasteiger partial charge in [0.05, 0.1) is 20.1 Å². The molecule has 1 amide bonds. The number of rotatable bonds is 7. The van der Waals surface area contributed by atoms with E-state index in [0.29, 0.717) is 18.9 Å². The Labute approximate surface area is 113 Å². The van der Waals surface area contributed by atoms with Crippen molar-refractivity contribution in [3.05, 3.63) is 24.3 Å². The number of amides is 1. The highest BCUT2D eigenvalue weighted by Crippen LogP contribution is 2.16. The molecule has 0 saturated carbocycles. The van der Waals surface area contributed by atoms with Crippen LogP contribution in [0.2, 0.25) is 0 Å². The molecule has 1 aromatic carbocycles. The zero-order valence-corrected chi connectivity index (χ0v) is 11.1. The Hall–Kier alpha value is -1.75. The lowest BCUT2D eigenvalue weighted by Crippen LogP contribution is -2.48. The maximum Gasteiger partial charge on any atom is 0.223 e. The summed E-state index contributed by atoms with van der Waals surface area (Å²) in [6, 6.07) is 7.32. The van der Waals surface area contributed by atoms with E-state index in [2.05, 4.69) is 10.6 Å². The summed E-state index contributed by atoms with van der Waals surface area (Å²) >= 11 is 0. The Morgan fingerprint density at radius 3 is 2.58 bits per heavy atom. The van der Waals surface area contributed by atoms with Crippen molar-refractivity contribution in [3.8, 4) is 11.5 Å². The number of nitrogens with one attached hydrogen (secondary N) is 2. The summed E-state index contributed by atoms with van der Waals surface area (Å²) in [6.45, 7) is 3.15. The summed E-state index contributed by atoms with van der Waals surface area (Å²) in [5.74, 6) is 2.17. The molecular weight excluding hydrogens is 244 g/mol. The Bertz CT molecular complexity index is 402. The molecule has 0 unspecified atom stereocenters. The van der Waals surface area contributed by atoms with Gasteiger partial charge in [-0.25, -0.2) is 0 Å². The van der Waals surface area contributed by atoms with Crippen molar-refractivity contribution < 1.29 is 14.3 Å². The Morgan fingerprint density at radius 2 is 2.00 bits per heavy atom. The van der Waals surface area contributed by atoms with E-state index < -0.39 is 0 Å². The largest absolute Gasteiger partial charge is 0.497 e. The van der Waals surface area contributed by atoms with Crippen molar-refractivity contribution in [2.24, 2.45) is 5.92 Å². The molecule has 5 nitrogen and oxygen atoms in total. The lowest BCUT2D eigenvalue weighted by atomic mass is 10.0. The van der Waals surface area contributed by atoms with Crippen molar-refractivity contribution >= 4 is 5.91 Å². The van der Waals surface area contributed by atoms with Crippen molar-refractivity contribution in [2.75, 3.05) is 33.4 Å². The molecule has 0 aliphatic carbocycles. The number of benzene rings is 1. The average Bonchev–Trinajstić information content (AvgIpc) is 2.38. The van der Waals surface area contributed by atoms with Crippen LogP contribution in [0.15, 0.2) is 24.3 Å². The molecule has 0 aromatic heterocycles. The molecule has 5 heteroatoms. The van der Waals surface area contributed by atoms with Crippen LogP contribution < -0.4 is 20.1 Å². The van der Waals surface area contributed by atoms with Gasteiger partial charge in [0, 0.05) is 25.6 Å². The van der Waals surface area contributed by atoms with Gasteiger partial charge in [-0.05, 0) is 24.3 Å². The molecule has 104 valence electrons. The van der Waals surface area contributed by atoms with E-state index in [4.69, 9.17) is 9.47 Å². The van der Waals surface area contributed by atoms with Crippen LogP contribution in [0.3, 0.4) is 0 Å². The quantitative estimate of drug-likeness (QED) is 0.765. The van der Waals surface area contributed by atoms with E-state index in [1.54, 1.807) is 7.11 Å². The van der Waals surface area contributed by atoms with E-state index in [1.165, 1.54) is 0 Å². The molecular formula is C14H20N2O3. The minimum absolute atomic E-state index is 0.0420. The third-order valence-electron chi connectivity index (χ3n) is 3.11. The summed E-state index contributed by atoms with van der Waals surface area (Å²) in [5.41, 5.74) is 0. The molecule has 0 bridgehead atoms. The molecule has 2 rings (SSSR count). The molecule has 0 radical (unpaired) electrons. The number of hydrogen-bond donors (Lipinski definition) is 2. The molecule has 19 heavy (non-hydrogen) atoms. The lowest BCUT2D eigenvalue weighted by molar-refractivity contribution is -0.121. The van der Waals surface area contributed by atoms with Crippen LogP contribution in [-0.4, -0.2) is 39.3 Å². The van der Waals surface area contributed by atoms with E-state index in [9.17, 15) is 4.79 Å². The normalized spacial score (nSPS) is 14.6. The molecule has 1 aliphatic rings. The summed E-state index contributed by atoms with van der Waals surface area (Å²) in [5, 5.41) is 6.08. The minimum atomic E-state index is 0.0420. The van der Waals surface area contributed by atoms with Gasteiger partial charge in [-0.1, -0.05) is 0 Å². The highest BCUT2D eigenvalue weighted by molar-refractivity contribution is 5.76. The molecule has 2 N–H and O–H groups in total. The van der Waals surface area contributed by atoms with Crippen LogP contribution in [-0.2, 0) is 4.79 Å². The minimum Gasteiger partial charge on any atom is -0.497 e. The fraction of sp³-hybridized carbons (Fsp3) is 0.500. The first kappa shape index (κ1) is 13.7. The van der Waals surface area contributed by atoms with E-state index in [-0.39, 0.29) is 5.91 Å². The highest BCUT2D eigenvalue weighted by atomic mass is 16.5. The van der Waals surface area contributed by atoms with E-state index in [1.807, 2.05) is 24.3 Å². The molecule has 0 atom stereocenters. The molecule has 0 spiro atoms. The molecule has 1 aliphatic heterocycles. The second-order valence-corrected chi connectivity index (χ2v) is 4.60. The summed E-state index contributed by atoms with van der Waals surface area (Å²) in [7, 11) is 1.62. The Kier molecular flexibility index (Phi) is 5.03. The van der Waals surface area contributed by atoms with Crippen molar-refractivity contribution in [1.29, 1.82) is 0 Å². The summed E-state index contributed by atoms with van der Waals surface area (Å²) < 4.78 is 10.6. The first-order valence-corrected chi connectivity index (χ1v) is 6.52. The number of hydrogen-bond acceptors (Lipinski definition) is 4. The van der Waals surface area contributed by atoms with Gasteiger partial charge in [0.15, 0.2) is 0 Å². The van der Waals surface area contributed by atoms with Crippen LogP contribution in [0, 0.1) is 5.92 Å². The van der Waals surface area contributed by atoms with Gasteiger partial charge in [-0.2, -0.15) is 0 Å². The van der Waals surface area contributed by atoms with Crippen LogP contribution in [0.1, 0.15) is 6.42 Å². The predicted octanol–water partition coefficient (Wildman–Crippen LogP) is 0.800. The second kappa shape index (κ2) is 6.99. The standard InChI is InChI=1S/C14H20N2O3/c1-18-12-2-4-13(5-3-12)19-7-6-14(17)16-10-11-8-15-9-11/h2-5,11,15H,6-10H2,1H3,(H,16,17). The van der Waals surface area contributed by atoms with Crippen molar-refractivity contribution in [3.63, 3.8) is 0 Å². The maximum atomic E-state index is 11.5. The zero-order chi connectivity index (χ0) is 13.5. The van der Waals surface area contributed by atoms with Gasteiger partial charge in [0.25, 0.3) is 0 Å². The Morgan fingerprint density at radius 1 is 1.32 bits per heavy atom. The van der Waals surface area contributed by atoms with Crippen molar-refractivity contribution in [1.82, 2.24) is 10.6 Å². The van der Waals surface area contributed by atoms with E-state index >= 15 is 0 Å². The van der Waals surface area contributed by atoms with Crippen LogP contribution in [0.5, 0.6) is 11.5 Å². The average molecular weight is 264 g/mol. The molecule has 1 saturated heterocycles. The summed E-state index contributed by atoms with van der Waals surface area (Å²) in [4.78, 5) is 11.5. The van der Waals surface area contributed by atoms with E-state index in [0.717, 1.165) is 31.1 Å². The third-order valence-corrected chi connectivity index (χ3v) is 3.11. The van der Waals surface area contributed by atoms with Gasteiger partial charge in [0.1, 0.15) is 11.5 Å². The van der Waals surface area contributed by atoms with Crippen LogP contribution >= 0.6 is 0 Å². The summed E-state index contributed by atoms with van der Waals surface area (Å²) in [6.07, 6.45) is 0.381. The van der Waals surface area contributed by atoms with Gasteiger partial charge < -0.3 is 20.1 Å². The molecule has 1 aromatic rings. The predicted molar refractivity (Wildman–Crippen MR) is 72.5 cm³/mol. The fourth-order valence-corrected chi connectivity index (χ4v) is 1.77. The molecule has 1 fully saturated rings. The van der Waals surface area contributed by atoms with Gasteiger partial charge in [-0.15, -0.1) is 0 Å². The third kappa shape index (κ3) is 4.44. The number of methoxy groups -OCH3 is 1. The van der Waals surface area contributed by atoms with Crippen LogP contribution in [0.4, 0.5) is 0 Å². The van der Waals surface area contributed by atoms with Gasteiger partial charge in [0.2, 0.25) is 5.91 Å². The molecule has 1 heterocycles. The topological polar surface area (TPSA) is 59.6 Å². The maximum absolute atomic E-state index is 11.5. The number of ether oxygens (including phenoxy) is 2. The highest BCUT2D eigenvalue weighted by Gasteiger charge is 2.16. The Balaban J connectivity index is 1.60. The van der Waals surface area contributed by atoms with Gasteiger partial charge in [-0.3, -0.25) is 4.79 Å². The smallest absolute Gasteiger partial charge is 0.223 e. The van der Waals surface area contributed by atoms with Gasteiger partial charge >= 0.3 is 0 Å². The monoisotopic (exact) mass is 264 g/mol. The second-order valence-electron chi connectivity index (χ2n) is 4.60. The van der Waals surface area contributed by atoms with Crippen molar-refractivity contribution in [2.45, 2.75) is 6.42 Å². The first-order valence-electron chi connectivity index (χ1n) is 6.52. The number of carbonyl (C=O) groups is 1.